The Kier molecular flexibility index (Phi) is 2.48. The van der Waals surface area contributed by atoms with Gasteiger partial charge in [0.15, 0.2) is 0 Å². The number of hydrogen-bond acceptors (Lipinski definition) is 2. The minimum Gasteiger partial charge on any atom is -0.330 e. The molecule has 0 saturated heterocycles. The van der Waals surface area contributed by atoms with Gasteiger partial charge in [-0.3, -0.25) is 9.59 Å². The van der Waals surface area contributed by atoms with Gasteiger partial charge in [-0.1, -0.05) is 24.3 Å². The van der Waals surface area contributed by atoms with Gasteiger partial charge in [0.05, 0.1) is 0 Å². The average molecular weight is 240 g/mol. The summed E-state index contributed by atoms with van der Waals surface area (Å²) in [4.78, 5) is 27.7. The molecule has 0 aliphatic carbocycles. The van der Waals surface area contributed by atoms with Crippen molar-refractivity contribution in [1.29, 1.82) is 0 Å². The molecule has 1 amide bonds. The molecule has 0 unspecified atom stereocenters. The van der Waals surface area contributed by atoms with Gasteiger partial charge < -0.3 is 9.88 Å². The molecule has 3 rings (SSSR count). The van der Waals surface area contributed by atoms with Crippen molar-refractivity contribution < 1.29 is 4.79 Å². The first-order chi connectivity index (χ1) is 8.74. The highest BCUT2D eigenvalue weighted by Gasteiger charge is 2.23. The van der Waals surface area contributed by atoms with E-state index >= 15 is 0 Å². The van der Waals surface area contributed by atoms with E-state index in [1.165, 1.54) is 23.4 Å². The van der Waals surface area contributed by atoms with Crippen LogP contribution in [0.5, 0.6) is 0 Å². The second-order valence-electron chi connectivity index (χ2n) is 4.37. The SMILES string of the molecule is O=C(c1cc[nH]c(=O)c1)N1Cc2ccccc2C1. The lowest BCUT2D eigenvalue weighted by molar-refractivity contribution is 0.0751. The Morgan fingerprint density at radius 1 is 1.11 bits per heavy atom. The summed E-state index contributed by atoms with van der Waals surface area (Å²) >= 11 is 0. The number of amides is 1. The van der Waals surface area contributed by atoms with Crippen LogP contribution in [0.2, 0.25) is 0 Å². The van der Waals surface area contributed by atoms with E-state index in [0.29, 0.717) is 18.7 Å². The van der Waals surface area contributed by atoms with Crippen LogP contribution in [0.1, 0.15) is 21.5 Å². The molecule has 90 valence electrons. The first-order valence-electron chi connectivity index (χ1n) is 5.79. The predicted molar refractivity (Wildman–Crippen MR) is 67.1 cm³/mol. The molecule has 0 spiro atoms. The van der Waals surface area contributed by atoms with Crippen LogP contribution in [-0.4, -0.2) is 15.8 Å². The largest absolute Gasteiger partial charge is 0.330 e. The van der Waals surface area contributed by atoms with Gasteiger partial charge in [0, 0.05) is 30.9 Å². The number of aromatic nitrogens is 1. The van der Waals surface area contributed by atoms with Crippen molar-refractivity contribution in [2.75, 3.05) is 0 Å². The molecule has 1 aromatic carbocycles. The highest BCUT2D eigenvalue weighted by atomic mass is 16.2. The molecule has 0 fully saturated rings. The van der Waals surface area contributed by atoms with E-state index in [0.717, 1.165) is 0 Å². The van der Waals surface area contributed by atoms with Crippen LogP contribution in [0, 0.1) is 0 Å². The van der Waals surface area contributed by atoms with Crippen LogP contribution in [0.25, 0.3) is 0 Å². The van der Waals surface area contributed by atoms with E-state index in [4.69, 9.17) is 0 Å². The van der Waals surface area contributed by atoms with Crippen molar-refractivity contribution in [1.82, 2.24) is 9.88 Å². The van der Waals surface area contributed by atoms with E-state index in [1.54, 1.807) is 11.0 Å². The summed E-state index contributed by atoms with van der Waals surface area (Å²) in [6, 6.07) is 11.0. The molecular weight excluding hydrogens is 228 g/mol. The summed E-state index contributed by atoms with van der Waals surface area (Å²) in [5.41, 5.74) is 2.54. The Hall–Kier alpha value is -2.36. The van der Waals surface area contributed by atoms with E-state index in [9.17, 15) is 9.59 Å². The molecule has 4 heteroatoms. The fourth-order valence-corrected chi connectivity index (χ4v) is 2.24. The van der Waals surface area contributed by atoms with Crippen LogP contribution in [0.3, 0.4) is 0 Å². The van der Waals surface area contributed by atoms with Gasteiger partial charge in [0.1, 0.15) is 0 Å². The third-order valence-corrected chi connectivity index (χ3v) is 3.15. The number of benzene rings is 1. The van der Waals surface area contributed by atoms with Gasteiger partial charge in [-0.15, -0.1) is 0 Å². The van der Waals surface area contributed by atoms with Gasteiger partial charge >= 0.3 is 0 Å². The van der Waals surface area contributed by atoms with Crippen LogP contribution in [0.15, 0.2) is 47.4 Å². The molecule has 1 aromatic heterocycles. The number of rotatable bonds is 1. The van der Waals surface area contributed by atoms with Crippen LogP contribution in [-0.2, 0) is 13.1 Å². The lowest BCUT2D eigenvalue weighted by Gasteiger charge is -2.14. The molecule has 0 saturated carbocycles. The van der Waals surface area contributed by atoms with Gasteiger partial charge in [-0.2, -0.15) is 0 Å². The number of H-pyrrole nitrogens is 1. The van der Waals surface area contributed by atoms with Crippen molar-refractivity contribution in [2.24, 2.45) is 0 Å². The van der Waals surface area contributed by atoms with Gasteiger partial charge in [0.2, 0.25) is 5.56 Å². The smallest absolute Gasteiger partial charge is 0.254 e. The number of carbonyl (C=O) groups excluding carboxylic acids is 1. The zero-order chi connectivity index (χ0) is 12.5. The highest BCUT2D eigenvalue weighted by Crippen LogP contribution is 2.23. The zero-order valence-electron chi connectivity index (χ0n) is 9.72. The quantitative estimate of drug-likeness (QED) is 0.821. The molecule has 1 aliphatic rings. The molecule has 2 aromatic rings. The van der Waals surface area contributed by atoms with E-state index in [1.807, 2.05) is 24.3 Å². The molecule has 2 heterocycles. The lowest BCUT2D eigenvalue weighted by atomic mass is 10.1. The number of fused-ring (bicyclic) bond motifs is 1. The Labute approximate surface area is 104 Å². The van der Waals surface area contributed by atoms with Crippen molar-refractivity contribution in [3.63, 3.8) is 0 Å². The summed E-state index contributed by atoms with van der Waals surface area (Å²) in [6.45, 7) is 1.23. The standard InChI is InChI=1S/C14H12N2O2/c17-13-7-10(5-6-15-13)14(18)16-8-11-3-1-2-4-12(11)9-16/h1-7H,8-9H2,(H,15,17). The van der Waals surface area contributed by atoms with E-state index < -0.39 is 0 Å². The van der Waals surface area contributed by atoms with Crippen molar-refractivity contribution in [3.05, 3.63) is 69.6 Å². The van der Waals surface area contributed by atoms with Crippen molar-refractivity contribution >= 4 is 5.91 Å². The number of carbonyl (C=O) groups is 1. The number of aromatic amines is 1. The minimum absolute atomic E-state index is 0.0997. The highest BCUT2D eigenvalue weighted by molar-refractivity contribution is 5.94. The summed E-state index contributed by atoms with van der Waals surface area (Å²) in [5, 5.41) is 0. The third-order valence-electron chi connectivity index (χ3n) is 3.15. The Balaban J connectivity index is 1.87. The van der Waals surface area contributed by atoms with Crippen molar-refractivity contribution in [3.8, 4) is 0 Å². The second-order valence-corrected chi connectivity index (χ2v) is 4.37. The maximum absolute atomic E-state index is 12.2. The molecule has 18 heavy (non-hydrogen) atoms. The Morgan fingerprint density at radius 3 is 2.39 bits per heavy atom. The monoisotopic (exact) mass is 240 g/mol. The van der Waals surface area contributed by atoms with Crippen LogP contribution < -0.4 is 5.56 Å². The zero-order valence-corrected chi connectivity index (χ0v) is 9.72. The van der Waals surface area contributed by atoms with E-state index in [2.05, 4.69) is 4.98 Å². The lowest BCUT2D eigenvalue weighted by Crippen LogP contribution is -2.26. The van der Waals surface area contributed by atoms with Crippen molar-refractivity contribution in [2.45, 2.75) is 13.1 Å². The fourth-order valence-electron chi connectivity index (χ4n) is 2.24. The summed E-state index contributed by atoms with van der Waals surface area (Å²) in [5.74, 6) is -0.0997. The first-order valence-corrected chi connectivity index (χ1v) is 5.79. The fraction of sp³-hybridized carbons (Fsp3) is 0.143. The molecule has 1 aliphatic heterocycles. The predicted octanol–water partition coefficient (Wildman–Crippen LogP) is 1.53. The Bertz CT molecular complexity index is 636. The molecule has 1 N–H and O–H groups in total. The third kappa shape index (κ3) is 1.82. The molecule has 4 nitrogen and oxygen atoms in total. The maximum Gasteiger partial charge on any atom is 0.254 e. The second kappa shape index (κ2) is 4.14. The maximum atomic E-state index is 12.2. The summed E-state index contributed by atoms with van der Waals surface area (Å²) < 4.78 is 0. The van der Waals surface area contributed by atoms with Crippen LogP contribution >= 0.6 is 0 Å². The number of hydrogen-bond donors (Lipinski definition) is 1. The molecule has 0 bridgehead atoms. The van der Waals surface area contributed by atoms with Gasteiger partial charge in [-0.05, 0) is 17.2 Å². The van der Waals surface area contributed by atoms with E-state index in [-0.39, 0.29) is 11.5 Å². The summed E-state index contributed by atoms with van der Waals surface area (Å²) in [7, 11) is 0. The normalized spacial score (nSPS) is 13.4. The summed E-state index contributed by atoms with van der Waals surface area (Å²) in [6.07, 6.45) is 1.50. The molecule has 0 radical (unpaired) electrons. The average Bonchev–Trinajstić information content (AvgIpc) is 2.81. The van der Waals surface area contributed by atoms with Gasteiger partial charge in [0.25, 0.3) is 5.91 Å². The Morgan fingerprint density at radius 2 is 1.78 bits per heavy atom. The molecular formula is C14H12N2O2. The number of pyridine rings is 1. The number of nitrogens with zero attached hydrogens (tertiary/aromatic N) is 1. The number of nitrogens with one attached hydrogen (secondary N) is 1. The minimum atomic E-state index is -0.252. The van der Waals surface area contributed by atoms with Gasteiger partial charge in [-0.25, -0.2) is 0 Å². The van der Waals surface area contributed by atoms with Crippen LogP contribution in [0.4, 0.5) is 0 Å². The molecule has 0 atom stereocenters. The first kappa shape index (κ1) is 10.8. The topological polar surface area (TPSA) is 53.2 Å².